The maximum Gasteiger partial charge on any atom is 0.146 e. The van der Waals surface area contributed by atoms with Crippen molar-refractivity contribution < 1.29 is 9.84 Å². The standard InChI is InChI=1S/C11H15NO2/c1-11(2)6-12-9-4-3-8(13)5-10(9)14-7-11/h3-5,12-13H,6-7H2,1-2H3. The molecule has 1 aliphatic rings. The van der Waals surface area contributed by atoms with Crippen LogP contribution >= 0.6 is 0 Å². The first kappa shape index (κ1) is 9.19. The van der Waals surface area contributed by atoms with Gasteiger partial charge in [-0.2, -0.15) is 0 Å². The number of hydrogen-bond acceptors (Lipinski definition) is 3. The first-order valence-corrected chi connectivity index (χ1v) is 4.77. The highest BCUT2D eigenvalue weighted by atomic mass is 16.5. The molecule has 0 spiro atoms. The minimum absolute atomic E-state index is 0.120. The van der Waals surface area contributed by atoms with Gasteiger partial charge in [0, 0.05) is 18.0 Å². The van der Waals surface area contributed by atoms with Crippen molar-refractivity contribution >= 4 is 5.69 Å². The molecule has 1 aromatic rings. The summed E-state index contributed by atoms with van der Waals surface area (Å²) in [5, 5.41) is 12.6. The van der Waals surface area contributed by atoms with Crippen molar-refractivity contribution in [2.45, 2.75) is 13.8 Å². The summed E-state index contributed by atoms with van der Waals surface area (Å²) >= 11 is 0. The topological polar surface area (TPSA) is 41.5 Å². The third kappa shape index (κ3) is 1.76. The van der Waals surface area contributed by atoms with Crippen LogP contribution in [-0.4, -0.2) is 18.3 Å². The van der Waals surface area contributed by atoms with Gasteiger partial charge >= 0.3 is 0 Å². The normalized spacial score (nSPS) is 18.7. The summed E-state index contributed by atoms with van der Waals surface area (Å²) in [5.74, 6) is 0.973. The predicted octanol–water partition coefficient (Wildman–Crippen LogP) is 2.22. The summed E-state index contributed by atoms with van der Waals surface area (Å²) in [6.45, 7) is 5.83. The first-order valence-electron chi connectivity index (χ1n) is 4.77. The highest BCUT2D eigenvalue weighted by Gasteiger charge is 2.23. The highest BCUT2D eigenvalue weighted by molar-refractivity contribution is 5.59. The van der Waals surface area contributed by atoms with Crippen LogP contribution in [0.5, 0.6) is 11.5 Å². The quantitative estimate of drug-likeness (QED) is 0.621. The van der Waals surface area contributed by atoms with Gasteiger partial charge in [-0.1, -0.05) is 13.8 Å². The van der Waals surface area contributed by atoms with Crippen LogP contribution in [0.25, 0.3) is 0 Å². The van der Waals surface area contributed by atoms with E-state index in [2.05, 4.69) is 19.2 Å². The average Bonchev–Trinajstić information content (AvgIpc) is 2.26. The number of aromatic hydroxyl groups is 1. The maximum absolute atomic E-state index is 9.30. The molecule has 0 aliphatic carbocycles. The Morgan fingerprint density at radius 2 is 2.21 bits per heavy atom. The van der Waals surface area contributed by atoms with Gasteiger partial charge in [-0.05, 0) is 12.1 Å². The van der Waals surface area contributed by atoms with Crippen LogP contribution in [-0.2, 0) is 0 Å². The van der Waals surface area contributed by atoms with Gasteiger partial charge in [0.2, 0.25) is 0 Å². The largest absolute Gasteiger partial charge is 0.508 e. The second-order valence-electron chi connectivity index (χ2n) is 4.49. The molecule has 0 saturated carbocycles. The van der Waals surface area contributed by atoms with Crippen molar-refractivity contribution in [3.63, 3.8) is 0 Å². The molecule has 0 fully saturated rings. The Kier molecular flexibility index (Phi) is 2.02. The van der Waals surface area contributed by atoms with Gasteiger partial charge in [-0.25, -0.2) is 0 Å². The van der Waals surface area contributed by atoms with E-state index in [4.69, 9.17) is 4.74 Å². The van der Waals surface area contributed by atoms with Crippen molar-refractivity contribution in [1.82, 2.24) is 0 Å². The summed E-state index contributed by atoms with van der Waals surface area (Å²) in [4.78, 5) is 0. The number of phenolic OH excluding ortho intramolecular Hbond substituents is 1. The molecule has 0 amide bonds. The fourth-order valence-electron chi connectivity index (χ4n) is 1.44. The number of phenols is 1. The van der Waals surface area contributed by atoms with E-state index in [0.29, 0.717) is 6.61 Å². The van der Waals surface area contributed by atoms with E-state index in [9.17, 15) is 5.11 Å². The summed E-state index contributed by atoms with van der Waals surface area (Å²) in [6.07, 6.45) is 0. The van der Waals surface area contributed by atoms with Crippen molar-refractivity contribution in [3.8, 4) is 11.5 Å². The van der Waals surface area contributed by atoms with Crippen LogP contribution in [0.4, 0.5) is 5.69 Å². The van der Waals surface area contributed by atoms with Crippen molar-refractivity contribution in [1.29, 1.82) is 0 Å². The zero-order chi connectivity index (χ0) is 10.2. The zero-order valence-electron chi connectivity index (χ0n) is 8.50. The molecule has 0 radical (unpaired) electrons. The molecule has 2 rings (SSSR count). The van der Waals surface area contributed by atoms with E-state index in [-0.39, 0.29) is 11.2 Å². The minimum Gasteiger partial charge on any atom is -0.508 e. The Hall–Kier alpha value is -1.38. The van der Waals surface area contributed by atoms with Crippen molar-refractivity contribution in [2.24, 2.45) is 5.41 Å². The molecule has 1 heterocycles. The van der Waals surface area contributed by atoms with Crippen molar-refractivity contribution in [3.05, 3.63) is 18.2 Å². The fourth-order valence-corrected chi connectivity index (χ4v) is 1.44. The minimum atomic E-state index is 0.120. The van der Waals surface area contributed by atoms with Crippen LogP contribution in [0.3, 0.4) is 0 Å². The lowest BCUT2D eigenvalue weighted by Gasteiger charge is -2.20. The molecule has 0 saturated heterocycles. The Labute approximate surface area is 83.7 Å². The molecule has 3 nitrogen and oxygen atoms in total. The molecule has 1 aliphatic heterocycles. The second kappa shape index (κ2) is 3.08. The number of rotatable bonds is 0. The lowest BCUT2D eigenvalue weighted by Crippen LogP contribution is -2.27. The van der Waals surface area contributed by atoms with Crippen LogP contribution in [0.15, 0.2) is 18.2 Å². The molecular weight excluding hydrogens is 178 g/mol. The molecule has 14 heavy (non-hydrogen) atoms. The van der Waals surface area contributed by atoms with Gasteiger partial charge in [0.25, 0.3) is 0 Å². The van der Waals surface area contributed by atoms with E-state index >= 15 is 0 Å². The average molecular weight is 193 g/mol. The predicted molar refractivity (Wildman–Crippen MR) is 55.9 cm³/mol. The van der Waals surface area contributed by atoms with Gasteiger partial charge in [0.15, 0.2) is 0 Å². The lowest BCUT2D eigenvalue weighted by atomic mass is 9.95. The number of benzene rings is 1. The Morgan fingerprint density at radius 1 is 1.43 bits per heavy atom. The lowest BCUT2D eigenvalue weighted by molar-refractivity contribution is 0.199. The van der Waals surface area contributed by atoms with Crippen molar-refractivity contribution in [2.75, 3.05) is 18.5 Å². The summed E-state index contributed by atoms with van der Waals surface area (Å²) in [6, 6.07) is 5.14. The van der Waals surface area contributed by atoms with Gasteiger partial charge in [-0.3, -0.25) is 0 Å². The van der Waals surface area contributed by atoms with Crippen LogP contribution in [0.1, 0.15) is 13.8 Å². The Morgan fingerprint density at radius 3 is 3.00 bits per heavy atom. The zero-order valence-corrected chi connectivity index (χ0v) is 8.50. The number of ether oxygens (including phenoxy) is 1. The van der Waals surface area contributed by atoms with E-state index in [1.807, 2.05) is 6.07 Å². The third-order valence-corrected chi connectivity index (χ3v) is 2.34. The molecule has 1 aromatic carbocycles. The van der Waals surface area contributed by atoms with Gasteiger partial charge in [0.1, 0.15) is 11.5 Å². The Bertz CT molecular complexity index is 347. The third-order valence-electron chi connectivity index (χ3n) is 2.34. The molecule has 0 atom stereocenters. The number of anilines is 1. The van der Waals surface area contributed by atoms with Crippen LogP contribution in [0.2, 0.25) is 0 Å². The summed E-state index contributed by atoms with van der Waals surface area (Å²) < 4.78 is 5.62. The van der Waals surface area contributed by atoms with Gasteiger partial charge < -0.3 is 15.2 Å². The number of hydrogen-bond donors (Lipinski definition) is 2. The highest BCUT2D eigenvalue weighted by Crippen LogP contribution is 2.33. The fraction of sp³-hybridized carbons (Fsp3) is 0.455. The molecule has 0 unspecified atom stereocenters. The van der Waals surface area contributed by atoms with E-state index in [0.717, 1.165) is 18.0 Å². The molecule has 0 bridgehead atoms. The summed E-state index contributed by atoms with van der Waals surface area (Å²) in [5.41, 5.74) is 1.07. The molecule has 76 valence electrons. The van der Waals surface area contributed by atoms with Crippen LogP contribution < -0.4 is 10.1 Å². The summed E-state index contributed by atoms with van der Waals surface area (Å²) in [7, 11) is 0. The molecule has 3 heteroatoms. The Balaban J connectivity index is 2.30. The number of fused-ring (bicyclic) bond motifs is 1. The smallest absolute Gasteiger partial charge is 0.146 e. The van der Waals surface area contributed by atoms with Crippen LogP contribution in [0, 0.1) is 5.41 Å². The van der Waals surface area contributed by atoms with E-state index < -0.39 is 0 Å². The molecule has 2 N–H and O–H groups in total. The first-order chi connectivity index (χ1) is 6.57. The number of nitrogens with one attached hydrogen (secondary N) is 1. The SMILES string of the molecule is CC1(C)CNc2ccc(O)cc2OC1. The van der Waals surface area contributed by atoms with Gasteiger partial charge in [-0.15, -0.1) is 0 Å². The molecule has 0 aromatic heterocycles. The molecular formula is C11H15NO2. The maximum atomic E-state index is 9.30. The van der Waals surface area contributed by atoms with E-state index in [1.165, 1.54) is 0 Å². The monoisotopic (exact) mass is 193 g/mol. The second-order valence-corrected chi connectivity index (χ2v) is 4.49. The van der Waals surface area contributed by atoms with Gasteiger partial charge in [0.05, 0.1) is 12.3 Å². The van der Waals surface area contributed by atoms with E-state index in [1.54, 1.807) is 12.1 Å².